The Morgan fingerprint density at radius 1 is 1.09 bits per heavy atom. The van der Waals surface area contributed by atoms with Gasteiger partial charge in [-0.05, 0) is 54.4 Å². The van der Waals surface area contributed by atoms with E-state index in [2.05, 4.69) is 10.5 Å². The van der Waals surface area contributed by atoms with Gasteiger partial charge in [-0.25, -0.2) is 5.43 Å². The molecule has 3 aromatic carbocycles. The predicted octanol–water partition coefficient (Wildman–Crippen LogP) is 6.40. The van der Waals surface area contributed by atoms with E-state index in [1.54, 1.807) is 36.4 Å². The van der Waals surface area contributed by atoms with Crippen molar-refractivity contribution in [1.29, 1.82) is 0 Å². The fourth-order valence-corrected chi connectivity index (χ4v) is 3.60. The van der Waals surface area contributed by atoms with Gasteiger partial charge in [0.05, 0.1) is 18.3 Å². The van der Waals surface area contributed by atoms with Gasteiger partial charge in [-0.2, -0.15) is 5.10 Å². The van der Waals surface area contributed by atoms with E-state index < -0.39 is 5.91 Å². The van der Waals surface area contributed by atoms with Gasteiger partial charge in [-0.3, -0.25) is 4.79 Å². The Balaban J connectivity index is 1.44. The fourth-order valence-electron chi connectivity index (χ4n) is 3.14. The van der Waals surface area contributed by atoms with Crippen LogP contribution in [0.3, 0.4) is 0 Å². The number of hydrogen-bond acceptors (Lipinski definition) is 5. The molecule has 0 aliphatic rings. The number of nitrogens with one attached hydrogen (secondary N) is 1. The molecule has 0 saturated heterocycles. The lowest BCUT2D eigenvalue weighted by atomic mass is 10.1. The van der Waals surface area contributed by atoms with E-state index in [1.165, 1.54) is 18.9 Å². The maximum Gasteiger partial charge on any atom is 0.307 e. The second-order valence-corrected chi connectivity index (χ2v) is 8.14. The summed E-state index contributed by atoms with van der Waals surface area (Å²) in [6, 6.07) is 18.1. The summed E-state index contributed by atoms with van der Waals surface area (Å²) >= 11 is 12.4. The number of carbonyl (C=O) groups excluding carboxylic acids is 1. The molecule has 1 aromatic heterocycles. The van der Waals surface area contributed by atoms with Crippen molar-refractivity contribution >= 4 is 46.3 Å². The highest BCUT2D eigenvalue weighted by atomic mass is 35.5. The molecule has 0 aliphatic heterocycles. The molecular formula is C25H20Cl2N2O4. The zero-order chi connectivity index (χ0) is 23.4. The Kier molecular flexibility index (Phi) is 6.87. The summed E-state index contributed by atoms with van der Waals surface area (Å²) in [6.07, 6.45) is 1.45. The fraction of sp³-hybridized carbons (Fsp3) is 0.120. The van der Waals surface area contributed by atoms with Gasteiger partial charge in [0.1, 0.15) is 12.2 Å². The minimum atomic E-state index is -0.491. The number of benzene rings is 3. The lowest BCUT2D eigenvalue weighted by Crippen LogP contribution is -2.16. The van der Waals surface area contributed by atoms with Crippen LogP contribution in [0.1, 0.15) is 27.2 Å². The highest BCUT2D eigenvalue weighted by Crippen LogP contribution is 2.36. The molecule has 0 atom stereocenters. The van der Waals surface area contributed by atoms with Crippen molar-refractivity contribution in [3.63, 3.8) is 0 Å². The maximum absolute atomic E-state index is 12.4. The van der Waals surface area contributed by atoms with Crippen LogP contribution in [0, 0.1) is 6.92 Å². The van der Waals surface area contributed by atoms with Crippen LogP contribution in [0.25, 0.3) is 11.0 Å². The van der Waals surface area contributed by atoms with Crippen LogP contribution in [0.15, 0.2) is 70.2 Å². The first kappa shape index (κ1) is 22.7. The number of halogens is 2. The third-order valence-corrected chi connectivity index (χ3v) is 5.35. The molecule has 8 heteroatoms. The van der Waals surface area contributed by atoms with E-state index >= 15 is 0 Å². The van der Waals surface area contributed by atoms with Crippen LogP contribution in [0.4, 0.5) is 0 Å². The van der Waals surface area contributed by atoms with E-state index in [-0.39, 0.29) is 5.76 Å². The van der Waals surface area contributed by atoms with Gasteiger partial charge < -0.3 is 13.9 Å². The molecule has 1 heterocycles. The SMILES string of the molecule is COc1cc(/C=N/NC(=O)c2cc3cc(Cl)ccc3o2)cc(Cl)c1OCc1ccc(C)cc1. The monoisotopic (exact) mass is 482 g/mol. The molecule has 1 amide bonds. The molecule has 6 nitrogen and oxygen atoms in total. The van der Waals surface area contributed by atoms with E-state index in [1.807, 2.05) is 31.2 Å². The first-order valence-corrected chi connectivity index (χ1v) is 10.8. The summed E-state index contributed by atoms with van der Waals surface area (Å²) in [4.78, 5) is 12.4. The summed E-state index contributed by atoms with van der Waals surface area (Å²) < 4.78 is 16.8. The number of hydrogen-bond donors (Lipinski definition) is 1. The Hall–Kier alpha value is -3.48. The number of hydrazone groups is 1. The third kappa shape index (κ3) is 5.48. The average molecular weight is 483 g/mol. The maximum atomic E-state index is 12.4. The van der Waals surface area contributed by atoms with Gasteiger partial charge >= 0.3 is 5.91 Å². The second-order valence-electron chi connectivity index (χ2n) is 7.30. The molecule has 0 fully saturated rings. The number of fused-ring (bicyclic) bond motifs is 1. The van der Waals surface area contributed by atoms with Crippen molar-refractivity contribution in [1.82, 2.24) is 5.43 Å². The van der Waals surface area contributed by atoms with Gasteiger partial charge in [0.15, 0.2) is 17.3 Å². The van der Waals surface area contributed by atoms with Gasteiger partial charge in [0.2, 0.25) is 0 Å². The van der Waals surface area contributed by atoms with Crippen molar-refractivity contribution in [3.8, 4) is 11.5 Å². The van der Waals surface area contributed by atoms with Crippen LogP contribution in [0.2, 0.25) is 10.0 Å². The summed E-state index contributed by atoms with van der Waals surface area (Å²) in [5, 5.41) is 5.64. The lowest BCUT2D eigenvalue weighted by molar-refractivity contribution is 0.0929. The van der Waals surface area contributed by atoms with Crippen molar-refractivity contribution < 1.29 is 18.7 Å². The van der Waals surface area contributed by atoms with E-state index in [0.717, 1.165) is 10.9 Å². The van der Waals surface area contributed by atoms with Crippen LogP contribution < -0.4 is 14.9 Å². The van der Waals surface area contributed by atoms with Crippen LogP contribution in [-0.4, -0.2) is 19.2 Å². The van der Waals surface area contributed by atoms with Crippen molar-refractivity contribution in [2.24, 2.45) is 5.10 Å². The number of furan rings is 1. The minimum Gasteiger partial charge on any atom is -0.493 e. The van der Waals surface area contributed by atoms with E-state index in [4.69, 9.17) is 37.1 Å². The molecular weight excluding hydrogens is 463 g/mol. The Labute approximate surface area is 200 Å². The van der Waals surface area contributed by atoms with Crippen LogP contribution in [0.5, 0.6) is 11.5 Å². The molecule has 0 saturated carbocycles. The zero-order valence-electron chi connectivity index (χ0n) is 17.9. The molecule has 168 valence electrons. The molecule has 4 rings (SSSR count). The normalized spacial score (nSPS) is 11.2. The smallest absolute Gasteiger partial charge is 0.307 e. The standard InChI is InChI=1S/C25H20Cl2N2O4/c1-15-3-5-16(6-4-15)14-32-24-20(27)9-17(10-22(24)31-2)13-28-29-25(30)23-12-18-11-19(26)7-8-21(18)33-23/h3-13H,14H2,1-2H3,(H,29,30)/b28-13+. The Morgan fingerprint density at radius 2 is 1.88 bits per heavy atom. The highest BCUT2D eigenvalue weighted by molar-refractivity contribution is 6.32. The molecule has 0 aliphatic carbocycles. The number of aryl methyl sites for hydroxylation is 1. The molecule has 1 N–H and O–H groups in total. The summed E-state index contributed by atoms with van der Waals surface area (Å²) in [5.74, 6) is 0.521. The second kappa shape index (κ2) is 9.98. The van der Waals surface area contributed by atoms with Gasteiger partial charge in [-0.1, -0.05) is 53.0 Å². The van der Waals surface area contributed by atoms with Crippen LogP contribution >= 0.6 is 23.2 Å². The first-order valence-electron chi connectivity index (χ1n) is 10.0. The number of nitrogens with zero attached hydrogens (tertiary/aromatic N) is 1. The number of amides is 1. The van der Waals surface area contributed by atoms with E-state index in [0.29, 0.717) is 39.3 Å². The summed E-state index contributed by atoms with van der Waals surface area (Å²) in [7, 11) is 1.53. The van der Waals surface area contributed by atoms with Gasteiger partial charge in [0, 0.05) is 10.4 Å². The van der Waals surface area contributed by atoms with Crippen molar-refractivity contribution in [2.45, 2.75) is 13.5 Å². The summed E-state index contributed by atoms with van der Waals surface area (Å²) in [5.41, 5.74) is 5.81. The zero-order valence-corrected chi connectivity index (χ0v) is 19.4. The topological polar surface area (TPSA) is 73.1 Å². The lowest BCUT2D eigenvalue weighted by Gasteiger charge is -2.13. The molecule has 33 heavy (non-hydrogen) atoms. The third-order valence-electron chi connectivity index (χ3n) is 4.84. The largest absolute Gasteiger partial charge is 0.493 e. The number of carbonyl (C=O) groups is 1. The minimum absolute atomic E-state index is 0.125. The molecule has 0 unspecified atom stereocenters. The Morgan fingerprint density at radius 3 is 2.64 bits per heavy atom. The molecule has 4 aromatic rings. The van der Waals surface area contributed by atoms with Crippen molar-refractivity contribution in [3.05, 3.63) is 93.2 Å². The number of rotatable bonds is 7. The molecule has 0 spiro atoms. The first-order chi connectivity index (χ1) is 15.9. The van der Waals surface area contributed by atoms with Gasteiger partial charge in [-0.15, -0.1) is 0 Å². The molecule has 0 bridgehead atoms. The molecule has 0 radical (unpaired) electrons. The number of methoxy groups -OCH3 is 1. The highest BCUT2D eigenvalue weighted by Gasteiger charge is 2.13. The summed E-state index contributed by atoms with van der Waals surface area (Å²) in [6.45, 7) is 2.38. The average Bonchev–Trinajstić information content (AvgIpc) is 3.22. The van der Waals surface area contributed by atoms with E-state index in [9.17, 15) is 4.79 Å². The predicted molar refractivity (Wildman–Crippen MR) is 130 cm³/mol. The van der Waals surface area contributed by atoms with Crippen molar-refractivity contribution in [2.75, 3.05) is 7.11 Å². The Bertz CT molecular complexity index is 1330. The van der Waals surface area contributed by atoms with Crippen LogP contribution in [-0.2, 0) is 6.61 Å². The quantitative estimate of drug-likeness (QED) is 0.244. The number of ether oxygens (including phenoxy) is 2. The van der Waals surface area contributed by atoms with Gasteiger partial charge in [0.25, 0.3) is 0 Å².